The number of carbonyl (C=O) groups excluding carboxylic acids is 2. The molecule has 3 heteroatoms. The molecule has 0 spiro atoms. The standard InChI is InChI=1S/C11H16O3/c1-3-4-7-14-10(13)11(2)6-5-9(12)8-11/h5-6H,3-4,7-8H2,1-2H3/t11-/m0/s1. The van der Waals surface area contributed by atoms with Crippen molar-refractivity contribution in [1.29, 1.82) is 0 Å². The van der Waals surface area contributed by atoms with E-state index in [2.05, 4.69) is 0 Å². The van der Waals surface area contributed by atoms with E-state index in [9.17, 15) is 9.59 Å². The number of allylic oxidation sites excluding steroid dienone is 1. The molecule has 0 amide bonds. The largest absolute Gasteiger partial charge is 0.465 e. The molecule has 1 aliphatic rings. The Morgan fingerprint density at radius 1 is 1.64 bits per heavy atom. The van der Waals surface area contributed by atoms with Crippen LogP contribution < -0.4 is 0 Å². The van der Waals surface area contributed by atoms with E-state index in [0.29, 0.717) is 6.61 Å². The smallest absolute Gasteiger partial charge is 0.316 e. The van der Waals surface area contributed by atoms with Gasteiger partial charge in [0.15, 0.2) is 5.78 Å². The lowest BCUT2D eigenvalue weighted by Gasteiger charge is -2.18. The first kappa shape index (κ1) is 11.0. The van der Waals surface area contributed by atoms with Crippen LogP contribution in [0.2, 0.25) is 0 Å². The number of ketones is 1. The summed E-state index contributed by atoms with van der Waals surface area (Å²) in [6, 6.07) is 0. The summed E-state index contributed by atoms with van der Waals surface area (Å²) >= 11 is 0. The van der Waals surface area contributed by atoms with Crippen molar-refractivity contribution in [3.05, 3.63) is 12.2 Å². The molecule has 78 valence electrons. The fourth-order valence-corrected chi connectivity index (χ4v) is 1.37. The first-order chi connectivity index (χ1) is 6.58. The quantitative estimate of drug-likeness (QED) is 0.509. The molecule has 1 aliphatic carbocycles. The fourth-order valence-electron chi connectivity index (χ4n) is 1.37. The molecule has 0 aromatic rings. The summed E-state index contributed by atoms with van der Waals surface area (Å²) in [5.74, 6) is -0.284. The molecule has 3 nitrogen and oxygen atoms in total. The molecule has 1 atom stereocenters. The highest BCUT2D eigenvalue weighted by molar-refractivity contribution is 5.99. The van der Waals surface area contributed by atoms with E-state index in [4.69, 9.17) is 4.74 Å². The number of ether oxygens (including phenoxy) is 1. The van der Waals surface area contributed by atoms with E-state index in [1.54, 1.807) is 13.0 Å². The van der Waals surface area contributed by atoms with Crippen LogP contribution in [-0.4, -0.2) is 18.4 Å². The van der Waals surface area contributed by atoms with Crippen LogP contribution in [0.5, 0.6) is 0 Å². The zero-order valence-corrected chi connectivity index (χ0v) is 8.71. The molecule has 0 aromatic heterocycles. The van der Waals surface area contributed by atoms with Gasteiger partial charge in [0.1, 0.15) is 0 Å². The Morgan fingerprint density at radius 2 is 2.36 bits per heavy atom. The summed E-state index contributed by atoms with van der Waals surface area (Å²) in [6.45, 7) is 4.23. The molecule has 0 aliphatic heterocycles. The van der Waals surface area contributed by atoms with Gasteiger partial charge < -0.3 is 4.74 Å². The second kappa shape index (κ2) is 4.40. The maximum atomic E-state index is 11.6. The lowest BCUT2D eigenvalue weighted by atomic mass is 9.90. The van der Waals surface area contributed by atoms with Crippen LogP contribution in [0.25, 0.3) is 0 Å². The minimum atomic E-state index is -0.717. The molecular formula is C11H16O3. The molecule has 0 saturated heterocycles. The Balaban J connectivity index is 2.44. The summed E-state index contributed by atoms with van der Waals surface area (Å²) in [7, 11) is 0. The Morgan fingerprint density at radius 3 is 2.86 bits per heavy atom. The predicted octanol–water partition coefficient (Wildman–Crippen LogP) is 1.86. The van der Waals surface area contributed by atoms with Crippen molar-refractivity contribution in [2.24, 2.45) is 5.41 Å². The molecule has 0 N–H and O–H groups in total. The number of hydrogen-bond acceptors (Lipinski definition) is 3. The molecule has 0 heterocycles. The van der Waals surface area contributed by atoms with E-state index >= 15 is 0 Å². The van der Waals surface area contributed by atoms with Gasteiger partial charge in [0, 0.05) is 6.42 Å². The van der Waals surface area contributed by atoms with Gasteiger partial charge in [-0.15, -0.1) is 0 Å². The van der Waals surface area contributed by atoms with Crippen LogP contribution in [0.3, 0.4) is 0 Å². The summed E-state index contributed by atoms with van der Waals surface area (Å²) in [6.07, 6.45) is 5.22. The van der Waals surface area contributed by atoms with Crippen molar-refractivity contribution in [1.82, 2.24) is 0 Å². The van der Waals surface area contributed by atoms with Gasteiger partial charge in [0.25, 0.3) is 0 Å². The summed E-state index contributed by atoms with van der Waals surface area (Å²) < 4.78 is 5.08. The molecule has 1 rings (SSSR count). The van der Waals surface area contributed by atoms with Crippen molar-refractivity contribution in [3.8, 4) is 0 Å². The summed E-state index contributed by atoms with van der Waals surface area (Å²) in [4.78, 5) is 22.6. The Kier molecular flexibility index (Phi) is 3.44. The number of carbonyl (C=O) groups is 2. The van der Waals surface area contributed by atoms with Gasteiger partial charge in [-0.05, 0) is 19.4 Å². The average molecular weight is 196 g/mol. The van der Waals surface area contributed by atoms with Crippen molar-refractivity contribution in [2.45, 2.75) is 33.1 Å². The van der Waals surface area contributed by atoms with Crippen LogP contribution in [0.1, 0.15) is 33.1 Å². The number of unbranched alkanes of at least 4 members (excludes halogenated alkanes) is 1. The van der Waals surface area contributed by atoms with E-state index in [1.165, 1.54) is 6.08 Å². The van der Waals surface area contributed by atoms with Crippen LogP contribution in [0.15, 0.2) is 12.2 Å². The SMILES string of the molecule is CCCCOC(=O)[C@@]1(C)C=CC(=O)C1. The minimum Gasteiger partial charge on any atom is -0.465 e. The zero-order chi connectivity index (χ0) is 10.6. The van der Waals surface area contributed by atoms with Crippen molar-refractivity contribution in [3.63, 3.8) is 0 Å². The molecule has 14 heavy (non-hydrogen) atoms. The van der Waals surface area contributed by atoms with Gasteiger partial charge >= 0.3 is 5.97 Å². The van der Waals surface area contributed by atoms with Crippen molar-refractivity contribution in [2.75, 3.05) is 6.61 Å². The Hall–Kier alpha value is -1.12. The highest BCUT2D eigenvalue weighted by Crippen LogP contribution is 2.30. The number of rotatable bonds is 4. The third-order valence-corrected chi connectivity index (χ3v) is 2.38. The molecular weight excluding hydrogens is 180 g/mol. The molecule has 0 radical (unpaired) electrons. The van der Waals surface area contributed by atoms with E-state index < -0.39 is 5.41 Å². The second-order valence-corrected chi connectivity index (χ2v) is 3.88. The summed E-state index contributed by atoms with van der Waals surface area (Å²) in [5, 5.41) is 0. The van der Waals surface area contributed by atoms with Gasteiger partial charge in [-0.25, -0.2) is 0 Å². The molecule has 0 fully saturated rings. The minimum absolute atomic E-state index is 0.0000541. The molecule has 0 unspecified atom stereocenters. The highest BCUT2D eigenvalue weighted by Gasteiger charge is 2.37. The molecule has 0 bridgehead atoms. The van der Waals surface area contributed by atoms with Crippen LogP contribution >= 0.6 is 0 Å². The lowest BCUT2D eigenvalue weighted by Crippen LogP contribution is -2.27. The van der Waals surface area contributed by atoms with E-state index in [1.807, 2.05) is 6.92 Å². The lowest BCUT2D eigenvalue weighted by molar-refractivity contribution is -0.153. The monoisotopic (exact) mass is 196 g/mol. The predicted molar refractivity (Wildman–Crippen MR) is 52.7 cm³/mol. The Bertz CT molecular complexity index is 268. The first-order valence-electron chi connectivity index (χ1n) is 4.98. The Labute approximate surface area is 84.1 Å². The van der Waals surface area contributed by atoms with Gasteiger partial charge in [0.05, 0.1) is 12.0 Å². The zero-order valence-electron chi connectivity index (χ0n) is 8.71. The third-order valence-electron chi connectivity index (χ3n) is 2.38. The second-order valence-electron chi connectivity index (χ2n) is 3.88. The normalized spacial score (nSPS) is 25.4. The molecule has 0 aromatic carbocycles. The summed E-state index contributed by atoms with van der Waals surface area (Å²) in [5.41, 5.74) is -0.717. The van der Waals surface area contributed by atoms with Gasteiger partial charge in [0.2, 0.25) is 0 Å². The third kappa shape index (κ3) is 2.44. The van der Waals surface area contributed by atoms with Crippen LogP contribution in [-0.2, 0) is 14.3 Å². The maximum Gasteiger partial charge on any atom is 0.316 e. The topological polar surface area (TPSA) is 43.4 Å². The van der Waals surface area contributed by atoms with Crippen molar-refractivity contribution < 1.29 is 14.3 Å². The van der Waals surface area contributed by atoms with E-state index in [0.717, 1.165) is 12.8 Å². The van der Waals surface area contributed by atoms with Crippen molar-refractivity contribution >= 4 is 11.8 Å². The molecule has 0 saturated carbocycles. The highest BCUT2D eigenvalue weighted by atomic mass is 16.5. The fraction of sp³-hybridized carbons (Fsp3) is 0.636. The van der Waals surface area contributed by atoms with Crippen LogP contribution in [0, 0.1) is 5.41 Å². The first-order valence-corrected chi connectivity index (χ1v) is 4.98. The van der Waals surface area contributed by atoms with Gasteiger partial charge in [-0.3, -0.25) is 9.59 Å². The van der Waals surface area contributed by atoms with Crippen LogP contribution in [0.4, 0.5) is 0 Å². The van der Waals surface area contributed by atoms with E-state index in [-0.39, 0.29) is 18.2 Å². The number of hydrogen-bond donors (Lipinski definition) is 0. The van der Waals surface area contributed by atoms with Gasteiger partial charge in [-0.1, -0.05) is 19.4 Å². The maximum absolute atomic E-state index is 11.6. The van der Waals surface area contributed by atoms with Gasteiger partial charge in [-0.2, -0.15) is 0 Å². The number of esters is 1. The average Bonchev–Trinajstić information content (AvgIpc) is 2.48.